The van der Waals surface area contributed by atoms with Crippen molar-refractivity contribution < 1.29 is 13.2 Å². The molecule has 6 heteroatoms. The van der Waals surface area contributed by atoms with Crippen molar-refractivity contribution in [2.45, 2.75) is 12.7 Å². The number of hydrogen-bond donors (Lipinski definition) is 1. The molecule has 0 aliphatic carbocycles. The average Bonchev–Trinajstić information content (AvgIpc) is 2.37. The maximum absolute atomic E-state index is 12.8. The van der Waals surface area contributed by atoms with Gasteiger partial charge in [0.05, 0.1) is 16.3 Å². The van der Waals surface area contributed by atoms with Gasteiger partial charge in [-0.25, -0.2) is 0 Å². The Balaban J connectivity index is 2.25. The quantitative estimate of drug-likeness (QED) is 0.906. The molecule has 1 aromatic heterocycles. The Bertz CT molecular complexity index is 556. The number of aromatic nitrogens is 1. The smallest absolute Gasteiger partial charge is 0.379 e. The summed E-state index contributed by atoms with van der Waals surface area (Å²) in [6, 6.07) is 7.18. The number of rotatable bonds is 3. The van der Waals surface area contributed by atoms with E-state index in [9.17, 15) is 13.2 Å². The van der Waals surface area contributed by atoms with E-state index in [4.69, 9.17) is 11.6 Å². The first kappa shape index (κ1) is 13.7. The molecule has 2 rings (SSSR count). The Morgan fingerprint density at radius 1 is 1.16 bits per heavy atom. The minimum absolute atomic E-state index is 0.0405. The van der Waals surface area contributed by atoms with Crippen molar-refractivity contribution in [1.82, 2.24) is 4.98 Å². The van der Waals surface area contributed by atoms with Gasteiger partial charge in [0.15, 0.2) is 0 Å². The fourth-order valence-electron chi connectivity index (χ4n) is 1.63. The zero-order valence-electron chi connectivity index (χ0n) is 9.71. The fourth-order valence-corrected chi connectivity index (χ4v) is 1.87. The molecule has 19 heavy (non-hydrogen) atoms. The second-order valence-electron chi connectivity index (χ2n) is 3.87. The van der Waals surface area contributed by atoms with Crippen LogP contribution < -0.4 is 5.32 Å². The summed E-state index contributed by atoms with van der Waals surface area (Å²) in [5.74, 6) is 0. The number of nitrogens with one attached hydrogen (secondary N) is 1. The lowest BCUT2D eigenvalue weighted by Gasteiger charge is -2.15. The van der Waals surface area contributed by atoms with Crippen LogP contribution in [0.1, 0.15) is 11.1 Å². The molecule has 0 bridgehead atoms. The van der Waals surface area contributed by atoms with Crippen LogP contribution in [0.25, 0.3) is 0 Å². The summed E-state index contributed by atoms with van der Waals surface area (Å²) in [4.78, 5) is 3.90. The molecule has 0 fully saturated rings. The standard InChI is InChI=1S/C13H10ClF3N2/c14-11-5-1-4-10(13(15,16)17)12(11)19-8-9-3-2-6-18-7-9/h1-7,19H,8H2. The van der Waals surface area contributed by atoms with E-state index in [2.05, 4.69) is 10.3 Å². The number of nitrogens with zero attached hydrogens (tertiary/aromatic N) is 1. The van der Waals surface area contributed by atoms with E-state index in [0.717, 1.165) is 11.6 Å². The lowest BCUT2D eigenvalue weighted by molar-refractivity contribution is -0.136. The van der Waals surface area contributed by atoms with E-state index in [1.807, 2.05) is 0 Å². The third-order valence-electron chi connectivity index (χ3n) is 2.51. The summed E-state index contributed by atoms with van der Waals surface area (Å²) >= 11 is 5.82. The maximum atomic E-state index is 12.8. The summed E-state index contributed by atoms with van der Waals surface area (Å²) in [6.45, 7) is 0.223. The summed E-state index contributed by atoms with van der Waals surface area (Å²) in [5.41, 5.74) is -0.111. The van der Waals surface area contributed by atoms with Crippen LogP contribution in [0.4, 0.5) is 18.9 Å². The molecule has 0 amide bonds. The van der Waals surface area contributed by atoms with E-state index in [1.165, 1.54) is 12.1 Å². The second kappa shape index (κ2) is 5.48. The molecule has 0 unspecified atom stereocenters. The first-order valence-corrected chi connectivity index (χ1v) is 5.85. The predicted octanol–water partition coefficient (Wildman–Crippen LogP) is 4.37. The van der Waals surface area contributed by atoms with E-state index in [1.54, 1.807) is 24.5 Å². The SMILES string of the molecule is FC(F)(F)c1cccc(Cl)c1NCc1cccnc1. The predicted molar refractivity (Wildman–Crippen MR) is 68.0 cm³/mol. The molecule has 2 nitrogen and oxygen atoms in total. The highest BCUT2D eigenvalue weighted by Crippen LogP contribution is 2.38. The maximum Gasteiger partial charge on any atom is 0.418 e. The molecule has 0 aliphatic rings. The lowest BCUT2D eigenvalue weighted by atomic mass is 10.1. The van der Waals surface area contributed by atoms with E-state index in [0.29, 0.717) is 0 Å². The summed E-state index contributed by atoms with van der Waals surface area (Å²) in [7, 11) is 0. The lowest BCUT2D eigenvalue weighted by Crippen LogP contribution is -2.11. The van der Waals surface area contributed by atoms with Crippen LogP contribution in [0.5, 0.6) is 0 Å². The number of anilines is 1. The molecule has 1 N–H and O–H groups in total. The van der Waals surface area contributed by atoms with Gasteiger partial charge in [0.25, 0.3) is 0 Å². The van der Waals surface area contributed by atoms with Gasteiger partial charge in [0.2, 0.25) is 0 Å². The molecule has 0 saturated heterocycles. The molecule has 0 spiro atoms. The molecule has 1 aromatic carbocycles. The molecule has 2 aromatic rings. The number of pyridine rings is 1. The molecule has 100 valence electrons. The molecular formula is C13H10ClF3N2. The van der Waals surface area contributed by atoms with Gasteiger partial charge in [-0.15, -0.1) is 0 Å². The Labute approximate surface area is 113 Å². The van der Waals surface area contributed by atoms with Gasteiger partial charge in [-0.1, -0.05) is 23.7 Å². The van der Waals surface area contributed by atoms with Crippen LogP contribution in [-0.4, -0.2) is 4.98 Å². The molecule has 0 radical (unpaired) electrons. The minimum atomic E-state index is -4.44. The summed E-state index contributed by atoms with van der Waals surface area (Å²) in [6.07, 6.45) is -1.26. The fraction of sp³-hybridized carbons (Fsp3) is 0.154. The Hall–Kier alpha value is -1.75. The normalized spacial score (nSPS) is 11.4. The highest BCUT2D eigenvalue weighted by molar-refractivity contribution is 6.33. The van der Waals surface area contributed by atoms with Crippen molar-refractivity contribution >= 4 is 17.3 Å². The largest absolute Gasteiger partial charge is 0.418 e. The highest BCUT2D eigenvalue weighted by Gasteiger charge is 2.34. The average molecular weight is 287 g/mol. The highest BCUT2D eigenvalue weighted by atomic mass is 35.5. The van der Waals surface area contributed by atoms with Gasteiger partial charge in [0.1, 0.15) is 0 Å². The molecular weight excluding hydrogens is 277 g/mol. The Morgan fingerprint density at radius 3 is 2.58 bits per heavy atom. The van der Waals surface area contributed by atoms with Gasteiger partial charge < -0.3 is 5.32 Å². The van der Waals surface area contributed by atoms with Gasteiger partial charge in [-0.3, -0.25) is 4.98 Å². The van der Waals surface area contributed by atoms with Crippen LogP contribution in [-0.2, 0) is 12.7 Å². The summed E-state index contributed by atoms with van der Waals surface area (Å²) in [5, 5.41) is 2.75. The van der Waals surface area contributed by atoms with E-state index >= 15 is 0 Å². The molecule has 0 aliphatic heterocycles. The van der Waals surface area contributed by atoms with Gasteiger partial charge in [-0.05, 0) is 23.8 Å². The minimum Gasteiger partial charge on any atom is -0.379 e. The monoisotopic (exact) mass is 286 g/mol. The Kier molecular flexibility index (Phi) is 3.95. The molecule has 0 atom stereocenters. The zero-order chi connectivity index (χ0) is 13.9. The van der Waals surface area contributed by atoms with Crippen LogP contribution in [0.2, 0.25) is 5.02 Å². The first-order valence-electron chi connectivity index (χ1n) is 5.47. The van der Waals surface area contributed by atoms with Crippen LogP contribution in [0.3, 0.4) is 0 Å². The van der Waals surface area contributed by atoms with Crippen molar-refractivity contribution in [3.63, 3.8) is 0 Å². The van der Waals surface area contributed by atoms with Crippen LogP contribution in [0.15, 0.2) is 42.7 Å². The molecule has 0 saturated carbocycles. The van der Waals surface area contributed by atoms with Crippen molar-refractivity contribution in [3.8, 4) is 0 Å². The number of para-hydroxylation sites is 1. The van der Waals surface area contributed by atoms with Crippen molar-refractivity contribution in [2.24, 2.45) is 0 Å². The number of benzene rings is 1. The third kappa shape index (κ3) is 3.38. The molecule has 1 heterocycles. The number of halogens is 4. The summed E-state index contributed by atoms with van der Waals surface area (Å²) < 4.78 is 38.5. The van der Waals surface area contributed by atoms with Crippen LogP contribution in [0, 0.1) is 0 Å². The number of hydrogen-bond acceptors (Lipinski definition) is 2. The first-order chi connectivity index (χ1) is 8.98. The van der Waals surface area contributed by atoms with Crippen molar-refractivity contribution in [2.75, 3.05) is 5.32 Å². The Morgan fingerprint density at radius 2 is 1.95 bits per heavy atom. The second-order valence-corrected chi connectivity index (χ2v) is 4.28. The number of alkyl halides is 3. The van der Waals surface area contributed by atoms with E-state index < -0.39 is 11.7 Å². The zero-order valence-corrected chi connectivity index (χ0v) is 10.5. The van der Waals surface area contributed by atoms with Crippen molar-refractivity contribution in [1.29, 1.82) is 0 Å². The van der Waals surface area contributed by atoms with E-state index in [-0.39, 0.29) is 17.3 Å². The van der Waals surface area contributed by atoms with Crippen molar-refractivity contribution in [3.05, 3.63) is 58.9 Å². The third-order valence-corrected chi connectivity index (χ3v) is 2.83. The van der Waals surface area contributed by atoms with Gasteiger partial charge in [-0.2, -0.15) is 13.2 Å². The van der Waals surface area contributed by atoms with Crippen LogP contribution >= 0.6 is 11.6 Å². The topological polar surface area (TPSA) is 24.9 Å². The van der Waals surface area contributed by atoms with Gasteiger partial charge >= 0.3 is 6.18 Å². The van der Waals surface area contributed by atoms with Gasteiger partial charge in [0, 0.05) is 18.9 Å².